The number of hydrogen-bond acceptors (Lipinski definition) is 5. The van der Waals surface area contributed by atoms with Crippen LogP contribution in [-0.2, 0) is 4.74 Å². The first-order valence-electron chi connectivity index (χ1n) is 5.10. The highest BCUT2D eigenvalue weighted by atomic mass is 32.1. The average molecular weight is 226 g/mol. The molecule has 1 saturated carbocycles. The molecule has 15 heavy (non-hydrogen) atoms. The maximum atomic E-state index is 11.3. The fourth-order valence-corrected chi connectivity index (χ4v) is 2.06. The topological polar surface area (TPSA) is 51.2 Å². The second-order valence-electron chi connectivity index (χ2n) is 3.72. The Morgan fingerprint density at radius 2 is 2.53 bits per heavy atom. The number of nitrogens with one attached hydrogen (secondary N) is 1. The zero-order valence-corrected chi connectivity index (χ0v) is 9.63. The minimum Gasteiger partial charge on any atom is -0.461 e. The molecule has 4 nitrogen and oxygen atoms in total. The van der Waals surface area contributed by atoms with Gasteiger partial charge in [0.1, 0.15) is 0 Å². The van der Waals surface area contributed by atoms with Crippen LogP contribution in [0.3, 0.4) is 0 Å². The molecule has 0 saturated heterocycles. The van der Waals surface area contributed by atoms with Gasteiger partial charge in [-0.3, -0.25) is 0 Å². The summed E-state index contributed by atoms with van der Waals surface area (Å²) in [5, 5.41) is 5.82. The van der Waals surface area contributed by atoms with Crippen molar-refractivity contribution >= 4 is 22.4 Å². The summed E-state index contributed by atoms with van der Waals surface area (Å²) >= 11 is 1.45. The quantitative estimate of drug-likeness (QED) is 0.799. The van der Waals surface area contributed by atoms with Gasteiger partial charge in [0.05, 0.1) is 6.61 Å². The van der Waals surface area contributed by atoms with Gasteiger partial charge in [0.2, 0.25) is 0 Å². The van der Waals surface area contributed by atoms with Crippen LogP contribution in [0.2, 0.25) is 0 Å². The van der Waals surface area contributed by atoms with Gasteiger partial charge in [-0.15, -0.1) is 11.3 Å². The lowest BCUT2D eigenvalue weighted by Crippen LogP contribution is -2.06. The highest BCUT2D eigenvalue weighted by Crippen LogP contribution is 2.33. The van der Waals surface area contributed by atoms with Gasteiger partial charge in [-0.05, 0) is 19.3 Å². The molecule has 1 aliphatic carbocycles. The van der Waals surface area contributed by atoms with Crippen LogP contribution in [0.1, 0.15) is 30.8 Å². The van der Waals surface area contributed by atoms with Gasteiger partial charge in [-0.25, -0.2) is 9.78 Å². The van der Waals surface area contributed by atoms with E-state index in [-0.39, 0.29) is 5.97 Å². The van der Waals surface area contributed by atoms with E-state index >= 15 is 0 Å². The SMILES string of the molecule is CCOC(=O)c1csc(NC2CC2C)n1. The van der Waals surface area contributed by atoms with Crippen LogP contribution in [0.15, 0.2) is 5.38 Å². The lowest BCUT2D eigenvalue weighted by Gasteiger charge is -1.98. The molecule has 1 aliphatic rings. The standard InChI is InChI=1S/C10H14N2O2S/c1-3-14-9(13)8-5-15-10(12-8)11-7-4-6(7)2/h5-7H,3-4H2,1-2H3,(H,11,12). The van der Waals surface area contributed by atoms with E-state index in [4.69, 9.17) is 4.74 Å². The molecule has 1 aromatic heterocycles. The van der Waals surface area contributed by atoms with Gasteiger partial charge in [-0.1, -0.05) is 6.92 Å². The second-order valence-corrected chi connectivity index (χ2v) is 4.58. The zero-order chi connectivity index (χ0) is 10.8. The summed E-state index contributed by atoms with van der Waals surface area (Å²) in [6.07, 6.45) is 1.19. The van der Waals surface area contributed by atoms with Crippen molar-refractivity contribution in [1.82, 2.24) is 4.98 Å². The smallest absolute Gasteiger partial charge is 0.357 e. The van der Waals surface area contributed by atoms with Crippen molar-refractivity contribution in [2.75, 3.05) is 11.9 Å². The molecule has 0 bridgehead atoms. The molecular formula is C10H14N2O2S. The number of rotatable bonds is 4. The van der Waals surface area contributed by atoms with Gasteiger partial charge in [0.15, 0.2) is 10.8 Å². The molecule has 5 heteroatoms. The fraction of sp³-hybridized carbons (Fsp3) is 0.600. The summed E-state index contributed by atoms with van der Waals surface area (Å²) < 4.78 is 4.86. The van der Waals surface area contributed by atoms with Gasteiger partial charge in [0, 0.05) is 11.4 Å². The molecule has 2 atom stereocenters. The number of carbonyl (C=O) groups excluding carboxylic acids is 1. The van der Waals surface area contributed by atoms with Crippen molar-refractivity contribution in [3.8, 4) is 0 Å². The third-order valence-corrected chi connectivity index (χ3v) is 3.18. The Balaban J connectivity index is 1.94. The predicted octanol–water partition coefficient (Wildman–Crippen LogP) is 2.14. The molecular weight excluding hydrogens is 212 g/mol. The van der Waals surface area contributed by atoms with Crippen molar-refractivity contribution in [3.05, 3.63) is 11.1 Å². The number of thiazole rings is 1. The van der Waals surface area contributed by atoms with Crippen molar-refractivity contribution in [2.24, 2.45) is 5.92 Å². The van der Waals surface area contributed by atoms with E-state index in [1.807, 2.05) is 0 Å². The Morgan fingerprint density at radius 1 is 1.80 bits per heavy atom. The third kappa shape index (κ3) is 2.47. The summed E-state index contributed by atoms with van der Waals surface area (Å²) in [6, 6.07) is 0.534. The molecule has 0 radical (unpaired) electrons. The van der Waals surface area contributed by atoms with Gasteiger partial charge in [0.25, 0.3) is 0 Å². The predicted molar refractivity (Wildman–Crippen MR) is 59.3 cm³/mol. The Kier molecular flexibility index (Phi) is 2.90. The van der Waals surface area contributed by atoms with Gasteiger partial charge < -0.3 is 10.1 Å². The first kappa shape index (κ1) is 10.4. The molecule has 1 N–H and O–H groups in total. The molecule has 1 aromatic rings. The molecule has 2 unspecified atom stereocenters. The minimum absolute atomic E-state index is 0.342. The summed E-state index contributed by atoms with van der Waals surface area (Å²) in [6.45, 7) is 4.37. The lowest BCUT2D eigenvalue weighted by molar-refractivity contribution is 0.0520. The van der Waals surface area contributed by atoms with E-state index in [0.29, 0.717) is 18.3 Å². The van der Waals surface area contributed by atoms with E-state index in [0.717, 1.165) is 11.0 Å². The van der Waals surface area contributed by atoms with E-state index in [1.54, 1.807) is 12.3 Å². The van der Waals surface area contributed by atoms with Crippen LogP contribution in [0.25, 0.3) is 0 Å². The zero-order valence-electron chi connectivity index (χ0n) is 8.82. The average Bonchev–Trinajstić information content (AvgIpc) is 2.72. The van der Waals surface area contributed by atoms with E-state index in [9.17, 15) is 4.79 Å². The number of nitrogens with zero attached hydrogens (tertiary/aromatic N) is 1. The van der Waals surface area contributed by atoms with Crippen LogP contribution in [0.4, 0.5) is 5.13 Å². The summed E-state index contributed by atoms with van der Waals surface area (Å²) in [7, 11) is 0. The number of hydrogen-bond donors (Lipinski definition) is 1. The van der Waals surface area contributed by atoms with Crippen LogP contribution in [0, 0.1) is 5.92 Å². The maximum absolute atomic E-state index is 11.3. The molecule has 1 heterocycles. The van der Waals surface area contributed by atoms with Crippen molar-refractivity contribution < 1.29 is 9.53 Å². The molecule has 0 aromatic carbocycles. The van der Waals surface area contributed by atoms with Crippen molar-refractivity contribution in [1.29, 1.82) is 0 Å². The van der Waals surface area contributed by atoms with Gasteiger partial charge in [-0.2, -0.15) is 0 Å². The highest BCUT2D eigenvalue weighted by Gasteiger charge is 2.33. The first-order valence-corrected chi connectivity index (χ1v) is 5.98. The normalized spacial score (nSPS) is 23.6. The third-order valence-electron chi connectivity index (χ3n) is 2.41. The Labute approximate surface area is 92.7 Å². The molecule has 0 aliphatic heterocycles. The maximum Gasteiger partial charge on any atom is 0.357 e. The molecule has 1 fully saturated rings. The Morgan fingerprint density at radius 3 is 3.13 bits per heavy atom. The number of aromatic nitrogens is 1. The van der Waals surface area contributed by atoms with Crippen molar-refractivity contribution in [3.63, 3.8) is 0 Å². The first-order chi connectivity index (χ1) is 7.20. The van der Waals surface area contributed by atoms with Crippen LogP contribution < -0.4 is 5.32 Å². The molecule has 0 spiro atoms. The van der Waals surface area contributed by atoms with Crippen LogP contribution in [-0.4, -0.2) is 23.6 Å². The second kappa shape index (κ2) is 4.18. The highest BCUT2D eigenvalue weighted by molar-refractivity contribution is 7.13. The number of carbonyl (C=O) groups is 1. The molecule has 82 valence electrons. The Bertz CT molecular complexity index is 364. The number of ether oxygens (including phenoxy) is 1. The van der Waals surface area contributed by atoms with Gasteiger partial charge >= 0.3 is 5.97 Å². The monoisotopic (exact) mass is 226 g/mol. The summed E-state index contributed by atoms with van der Waals surface area (Å²) in [5.41, 5.74) is 0.401. The number of anilines is 1. The lowest BCUT2D eigenvalue weighted by atomic mass is 10.5. The number of esters is 1. The summed E-state index contributed by atoms with van der Waals surface area (Å²) in [4.78, 5) is 15.5. The van der Waals surface area contributed by atoms with E-state index < -0.39 is 0 Å². The molecule has 0 amide bonds. The minimum atomic E-state index is -0.342. The summed E-state index contributed by atoms with van der Waals surface area (Å²) in [5.74, 6) is 0.380. The Hall–Kier alpha value is -1.10. The van der Waals surface area contributed by atoms with Crippen LogP contribution >= 0.6 is 11.3 Å². The van der Waals surface area contributed by atoms with Crippen molar-refractivity contribution in [2.45, 2.75) is 26.3 Å². The molecule has 2 rings (SSSR count). The fourth-order valence-electron chi connectivity index (χ4n) is 1.32. The van der Waals surface area contributed by atoms with Crippen LogP contribution in [0.5, 0.6) is 0 Å². The van der Waals surface area contributed by atoms with E-state index in [2.05, 4.69) is 17.2 Å². The van der Waals surface area contributed by atoms with E-state index in [1.165, 1.54) is 17.8 Å². The largest absolute Gasteiger partial charge is 0.461 e.